The second-order valence-electron chi connectivity index (χ2n) is 5.36. The largest absolute Gasteiger partial charge is 0.339 e. The summed E-state index contributed by atoms with van der Waals surface area (Å²) in [5, 5.41) is 2.89. The second kappa shape index (κ2) is 6.07. The minimum atomic E-state index is 0.0312. The highest BCUT2D eigenvalue weighted by Gasteiger charge is 2.39. The third-order valence-corrected chi connectivity index (χ3v) is 3.90. The minimum Gasteiger partial charge on any atom is -0.339 e. The smallest absolute Gasteiger partial charge is 0.253 e. The van der Waals surface area contributed by atoms with Crippen LogP contribution in [0.15, 0.2) is 24.3 Å². The van der Waals surface area contributed by atoms with Gasteiger partial charge in [-0.05, 0) is 50.5 Å². The maximum absolute atomic E-state index is 12.1. The van der Waals surface area contributed by atoms with Gasteiger partial charge in [-0.15, -0.1) is 0 Å². The van der Waals surface area contributed by atoms with Gasteiger partial charge in [-0.2, -0.15) is 0 Å². The zero-order valence-electron chi connectivity index (χ0n) is 12.3. The Morgan fingerprint density at radius 3 is 2.20 bits per heavy atom. The first-order valence-corrected chi connectivity index (χ1v) is 7.27. The lowest BCUT2D eigenvalue weighted by Gasteiger charge is -2.18. The molecule has 1 fully saturated rings. The van der Waals surface area contributed by atoms with Crippen LogP contribution in [0.2, 0.25) is 0 Å². The molecule has 1 aliphatic rings. The molecule has 1 N–H and O–H groups in total. The van der Waals surface area contributed by atoms with Crippen molar-refractivity contribution in [2.75, 3.05) is 18.4 Å². The van der Waals surface area contributed by atoms with Crippen LogP contribution in [0.3, 0.4) is 0 Å². The fraction of sp³-hybridized carbons (Fsp3) is 0.500. The highest BCUT2D eigenvalue weighted by atomic mass is 16.2. The molecule has 0 bridgehead atoms. The van der Waals surface area contributed by atoms with Gasteiger partial charge < -0.3 is 10.2 Å². The maximum atomic E-state index is 12.1. The number of amides is 2. The van der Waals surface area contributed by atoms with Gasteiger partial charge in [-0.3, -0.25) is 9.59 Å². The van der Waals surface area contributed by atoms with E-state index in [1.165, 1.54) is 0 Å². The second-order valence-corrected chi connectivity index (χ2v) is 5.36. The Kier molecular flexibility index (Phi) is 4.42. The van der Waals surface area contributed by atoms with E-state index in [0.717, 1.165) is 12.1 Å². The lowest BCUT2D eigenvalue weighted by molar-refractivity contribution is -0.117. The summed E-state index contributed by atoms with van der Waals surface area (Å²) in [4.78, 5) is 25.7. The molecule has 1 saturated carbocycles. The van der Waals surface area contributed by atoms with E-state index in [1.54, 1.807) is 29.2 Å². The van der Waals surface area contributed by atoms with Crippen molar-refractivity contribution < 1.29 is 9.59 Å². The van der Waals surface area contributed by atoms with Crippen molar-refractivity contribution in [3.8, 4) is 0 Å². The molecule has 1 aromatic carbocycles. The van der Waals surface area contributed by atoms with Crippen LogP contribution < -0.4 is 5.32 Å². The summed E-state index contributed by atoms with van der Waals surface area (Å²) >= 11 is 0. The number of hydrogen-bond donors (Lipinski definition) is 1. The van der Waals surface area contributed by atoms with Crippen molar-refractivity contribution in [3.05, 3.63) is 29.8 Å². The molecule has 108 valence electrons. The summed E-state index contributed by atoms with van der Waals surface area (Å²) in [7, 11) is 0. The topological polar surface area (TPSA) is 49.4 Å². The molecule has 0 heterocycles. The molecule has 20 heavy (non-hydrogen) atoms. The monoisotopic (exact) mass is 274 g/mol. The van der Waals surface area contributed by atoms with Gasteiger partial charge in [0, 0.05) is 30.3 Å². The van der Waals surface area contributed by atoms with Crippen LogP contribution in [-0.2, 0) is 4.79 Å². The highest BCUT2D eigenvalue weighted by molar-refractivity contribution is 5.97. The van der Waals surface area contributed by atoms with Gasteiger partial charge in [0.05, 0.1) is 0 Å². The number of carbonyl (C=O) groups excluding carboxylic acids is 2. The van der Waals surface area contributed by atoms with Crippen LogP contribution in [0.25, 0.3) is 0 Å². The van der Waals surface area contributed by atoms with Gasteiger partial charge in [-0.1, -0.05) is 6.92 Å². The van der Waals surface area contributed by atoms with E-state index < -0.39 is 0 Å². The van der Waals surface area contributed by atoms with Crippen molar-refractivity contribution >= 4 is 17.5 Å². The highest BCUT2D eigenvalue weighted by Crippen LogP contribution is 2.38. The predicted molar refractivity (Wildman–Crippen MR) is 79.6 cm³/mol. The van der Waals surface area contributed by atoms with Gasteiger partial charge in [-0.25, -0.2) is 0 Å². The Balaban J connectivity index is 1.99. The van der Waals surface area contributed by atoms with Crippen LogP contribution in [-0.4, -0.2) is 29.8 Å². The Morgan fingerprint density at radius 1 is 1.20 bits per heavy atom. The summed E-state index contributed by atoms with van der Waals surface area (Å²) in [6, 6.07) is 7.13. The summed E-state index contributed by atoms with van der Waals surface area (Å²) in [6.45, 7) is 7.41. The van der Waals surface area contributed by atoms with Gasteiger partial charge >= 0.3 is 0 Å². The average Bonchev–Trinajstić information content (AvgIpc) is 3.18. The predicted octanol–water partition coefficient (Wildman–Crippen LogP) is 2.76. The Morgan fingerprint density at radius 2 is 1.75 bits per heavy atom. The number of hydrogen-bond acceptors (Lipinski definition) is 2. The zero-order chi connectivity index (χ0) is 14.7. The van der Waals surface area contributed by atoms with Crippen LogP contribution in [0.5, 0.6) is 0 Å². The number of rotatable bonds is 5. The molecular weight excluding hydrogens is 252 g/mol. The van der Waals surface area contributed by atoms with E-state index in [4.69, 9.17) is 0 Å². The quantitative estimate of drug-likeness (QED) is 0.897. The number of carbonyl (C=O) groups is 2. The minimum absolute atomic E-state index is 0.0312. The van der Waals surface area contributed by atoms with Gasteiger partial charge in [0.15, 0.2) is 0 Å². The van der Waals surface area contributed by atoms with E-state index in [1.807, 2.05) is 13.8 Å². The third kappa shape index (κ3) is 3.18. The summed E-state index contributed by atoms with van der Waals surface area (Å²) < 4.78 is 0. The molecule has 2 atom stereocenters. The standard InChI is InChI=1S/C16H22N2O2/c1-4-18(5-2)16(20)12-6-8-13(9-7-12)17-15(19)14-10-11(14)3/h6-9,11,14H,4-5,10H2,1-3H3,(H,17,19). The molecule has 4 nitrogen and oxygen atoms in total. The molecule has 0 spiro atoms. The first-order chi connectivity index (χ1) is 9.56. The van der Waals surface area contributed by atoms with Gasteiger partial charge in [0.25, 0.3) is 5.91 Å². The van der Waals surface area contributed by atoms with E-state index in [9.17, 15) is 9.59 Å². The molecule has 0 saturated heterocycles. The fourth-order valence-corrected chi connectivity index (χ4v) is 2.31. The average molecular weight is 274 g/mol. The maximum Gasteiger partial charge on any atom is 0.253 e. The molecule has 2 amide bonds. The molecule has 1 aliphatic carbocycles. The van der Waals surface area contributed by atoms with Crippen molar-refractivity contribution in [2.24, 2.45) is 11.8 Å². The van der Waals surface area contributed by atoms with Crippen molar-refractivity contribution in [1.82, 2.24) is 4.90 Å². The first kappa shape index (κ1) is 14.6. The Hall–Kier alpha value is -1.84. The Labute approximate surface area is 120 Å². The first-order valence-electron chi connectivity index (χ1n) is 7.27. The fourth-order valence-electron chi connectivity index (χ4n) is 2.31. The summed E-state index contributed by atoms with van der Waals surface area (Å²) in [5.41, 5.74) is 1.41. The van der Waals surface area contributed by atoms with Crippen LogP contribution >= 0.6 is 0 Å². The zero-order valence-corrected chi connectivity index (χ0v) is 12.3. The van der Waals surface area contributed by atoms with Gasteiger partial charge in [0.1, 0.15) is 0 Å². The van der Waals surface area contributed by atoms with E-state index in [2.05, 4.69) is 12.2 Å². The van der Waals surface area contributed by atoms with E-state index in [0.29, 0.717) is 24.6 Å². The van der Waals surface area contributed by atoms with Crippen LogP contribution in [0.4, 0.5) is 5.69 Å². The SMILES string of the molecule is CCN(CC)C(=O)c1ccc(NC(=O)C2CC2C)cc1. The molecule has 0 radical (unpaired) electrons. The molecule has 4 heteroatoms. The van der Waals surface area contributed by atoms with Crippen molar-refractivity contribution in [2.45, 2.75) is 27.2 Å². The number of nitrogens with zero attached hydrogens (tertiary/aromatic N) is 1. The third-order valence-electron chi connectivity index (χ3n) is 3.90. The normalized spacial score (nSPS) is 20.4. The molecule has 2 rings (SSSR count). The molecular formula is C16H22N2O2. The molecule has 0 aromatic heterocycles. The lowest BCUT2D eigenvalue weighted by atomic mass is 10.1. The van der Waals surface area contributed by atoms with Crippen molar-refractivity contribution in [3.63, 3.8) is 0 Å². The van der Waals surface area contributed by atoms with Crippen LogP contribution in [0.1, 0.15) is 37.6 Å². The summed E-state index contributed by atoms with van der Waals surface area (Å²) in [6.07, 6.45) is 0.977. The molecule has 2 unspecified atom stereocenters. The van der Waals surface area contributed by atoms with Crippen LogP contribution in [0, 0.1) is 11.8 Å². The molecule has 0 aliphatic heterocycles. The Bertz CT molecular complexity index is 492. The lowest BCUT2D eigenvalue weighted by Crippen LogP contribution is -2.30. The van der Waals surface area contributed by atoms with Crippen molar-refractivity contribution in [1.29, 1.82) is 0 Å². The number of benzene rings is 1. The summed E-state index contributed by atoms with van der Waals surface area (Å²) in [5.74, 6) is 0.773. The van der Waals surface area contributed by atoms with E-state index in [-0.39, 0.29) is 17.7 Å². The van der Waals surface area contributed by atoms with E-state index >= 15 is 0 Å². The molecule has 1 aromatic rings. The number of nitrogens with one attached hydrogen (secondary N) is 1. The number of anilines is 1. The van der Waals surface area contributed by atoms with Gasteiger partial charge in [0.2, 0.25) is 5.91 Å².